The number of rotatable bonds is 2. The molecule has 1 saturated heterocycles. The van der Waals surface area contributed by atoms with Crippen LogP contribution in [0.5, 0.6) is 0 Å². The first-order valence-electron chi connectivity index (χ1n) is 6.01. The molecule has 1 unspecified atom stereocenters. The zero-order valence-corrected chi connectivity index (χ0v) is 10.5. The molecule has 1 aliphatic rings. The zero-order chi connectivity index (χ0) is 13.2. The highest BCUT2D eigenvalue weighted by molar-refractivity contribution is 5.92. The molecule has 4 nitrogen and oxygen atoms in total. The van der Waals surface area contributed by atoms with Crippen LogP contribution in [0.4, 0.5) is 5.69 Å². The first-order chi connectivity index (χ1) is 8.46. The lowest BCUT2D eigenvalue weighted by molar-refractivity contribution is -0.125. The van der Waals surface area contributed by atoms with Crippen molar-refractivity contribution in [2.75, 3.05) is 18.8 Å². The number of hydrogen-bond donors (Lipinski definition) is 2. The Morgan fingerprint density at radius 2 is 2.11 bits per heavy atom. The van der Waals surface area contributed by atoms with Crippen LogP contribution in [0.2, 0.25) is 0 Å². The molecule has 1 heterocycles. The summed E-state index contributed by atoms with van der Waals surface area (Å²) >= 11 is 0. The summed E-state index contributed by atoms with van der Waals surface area (Å²) in [5.74, 6) is -0.0652. The van der Waals surface area contributed by atoms with E-state index in [-0.39, 0.29) is 5.91 Å². The van der Waals surface area contributed by atoms with Crippen LogP contribution in [0.3, 0.4) is 0 Å². The number of carbonyl (C=O) groups is 1. The minimum Gasteiger partial charge on any atom is -0.399 e. The molecule has 0 radical (unpaired) electrons. The van der Waals surface area contributed by atoms with Crippen molar-refractivity contribution < 1.29 is 9.90 Å². The third-order valence-electron chi connectivity index (χ3n) is 3.12. The van der Waals surface area contributed by atoms with Gasteiger partial charge in [0.1, 0.15) is 0 Å². The quantitative estimate of drug-likeness (QED) is 0.610. The van der Waals surface area contributed by atoms with Crippen molar-refractivity contribution in [1.82, 2.24) is 4.90 Å². The van der Waals surface area contributed by atoms with Gasteiger partial charge in [-0.1, -0.05) is 12.1 Å². The molecule has 0 bridgehead atoms. The first kappa shape index (κ1) is 12.6. The standard InChI is InChI=1S/C14H18N2O2/c1-14(18)8-9-16(10-14)13(17)7-4-11-2-5-12(15)6-3-11/h2-7,18H,8-10,15H2,1H3/b7-4+. The van der Waals surface area contributed by atoms with Crippen LogP contribution in [0.15, 0.2) is 30.3 Å². The summed E-state index contributed by atoms with van der Waals surface area (Å²) in [6.07, 6.45) is 3.93. The van der Waals surface area contributed by atoms with Gasteiger partial charge in [0.15, 0.2) is 0 Å². The highest BCUT2D eigenvalue weighted by Crippen LogP contribution is 2.20. The molecule has 0 saturated carbocycles. The van der Waals surface area contributed by atoms with Crippen LogP contribution in [0.1, 0.15) is 18.9 Å². The maximum Gasteiger partial charge on any atom is 0.246 e. The molecular weight excluding hydrogens is 228 g/mol. The largest absolute Gasteiger partial charge is 0.399 e. The number of β-amino-alcohol motifs (C(OH)–C–C–N with tert-alkyl or cyclic N) is 1. The average Bonchev–Trinajstić information content (AvgIpc) is 2.69. The fraction of sp³-hybridized carbons (Fsp3) is 0.357. The fourth-order valence-corrected chi connectivity index (χ4v) is 2.01. The van der Waals surface area contributed by atoms with E-state index in [9.17, 15) is 9.90 Å². The summed E-state index contributed by atoms with van der Waals surface area (Å²) in [6, 6.07) is 7.31. The number of nitrogens with two attached hydrogens (primary N) is 1. The van der Waals surface area contributed by atoms with E-state index in [1.807, 2.05) is 12.1 Å². The van der Waals surface area contributed by atoms with E-state index in [0.29, 0.717) is 25.2 Å². The maximum atomic E-state index is 11.9. The number of benzene rings is 1. The number of hydrogen-bond acceptors (Lipinski definition) is 3. The van der Waals surface area contributed by atoms with E-state index < -0.39 is 5.60 Å². The van der Waals surface area contributed by atoms with Gasteiger partial charge in [0.25, 0.3) is 0 Å². The molecule has 0 aromatic heterocycles. The zero-order valence-electron chi connectivity index (χ0n) is 10.5. The molecule has 18 heavy (non-hydrogen) atoms. The molecule has 1 aromatic carbocycles. The molecule has 96 valence electrons. The van der Waals surface area contributed by atoms with Crippen LogP contribution in [-0.2, 0) is 4.79 Å². The Hall–Kier alpha value is -1.81. The Morgan fingerprint density at radius 3 is 2.67 bits per heavy atom. The normalized spacial score (nSPS) is 23.8. The van der Waals surface area contributed by atoms with Gasteiger partial charge in [-0.15, -0.1) is 0 Å². The second-order valence-corrected chi connectivity index (χ2v) is 5.01. The van der Waals surface area contributed by atoms with Gasteiger partial charge in [0.05, 0.1) is 5.60 Å². The molecular formula is C14H18N2O2. The van der Waals surface area contributed by atoms with Crippen LogP contribution in [0.25, 0.3) is 6.08 Å². The van der Waals surface area contributed by atoms with E-state index in [4.69, 9.17) is 5.73 Å². The van der Waals surface area contributed by atoms with Crippen molar-refractivity contribution in [2.24, 2.45) is 0 Å². The summed E-state index contributed by atoms with van der Waals surface area (Å²) < 4.78 is 0. The van der Waals surface area contributed by atoms with Crippen molar-refractivity contribution in [3.8, 4) is 0 Å². The number of anilines is 1. The van der Waals surface area contributed by atoms with Gasteiger partial charge in [-0.25, -0.2) is 0 Å². The van der Waals surface area contributed by atoms with E-state index in [0.717, 1.165) is 5.56 Å². The Balaban J connectivity index is 1.97. The van der Waals surface area contributed by atoms with E-state index in [1.54, 1.807) is 30.0 Å². The highest BCUT2D eigenvalue weighted by Gasteiger charge is 2.32. The lowest BCUT2D eigenvalue weighted by Gasteiger charge is -2.17. The number of likely N-dealkylation sites (tertiary alicyclic amines) is 1. The third-order valence-corrected chi connectivity index (χ3v) is 3.12. The number of aliphatic hydroxyl groups is 1. The Bertz CT molecular complexity index is 463. The summed E-state index contributed by atoms with van der Waals surface area (Å²) in [6.45, 7) is 2.76. The number of nitrogen functional groups attached to an aromatic ring is 1. The van der Waals surface area contributed by atoms with Gasteiger partial charge in [0.2, 0.25) is 5.91 Å². The molecule has 2 rings (SSSR count). The predicted molar refractivity (Wildman–Crippen MR) is 71.7 cm³/mol. The summed E-state index contributed by atoms with van der Waals surface area (Å²) in [7, 11) is 0. The Morgan fingerprint density at radius 1 is 1.44 bits per heavy atom. The SMILES string of the molecule is CC1(O)CCN(C(=O)/C=C/c2ccc(N)cc2)C1. The van der Waals surface area contributed by atoms with Crippen LogP contribution >= 0.6 is 0 Å². The number of carbonyl (C=O) groups excluding carboxylic acids is 1. The molecule has 1 aliphatic heterocycles. The van der Waals surface area contributed by atoms with Crippen molar-refractivity contribution in [3.63, 3.8) is 0 Å². The molecule has 4 heteroatoms. The molecule has 1 amide bonds. The van der Waals surface area contributed by atoms with Gasteiger partial charge in [-0.3, -0.25) is 4.79 Å². The monoisotopic (exact) mass is 246 g/mol. The minimum absolute atomic E-state index is 0.0652. The molecule has 0 spiro atoms. The molecule has 1 atom stereocenters. The summed E-state index contributed by atoms with van der Waals surface area (Å²) in [4.78, 5) is 13.5. The smallest absolute Gasteiger partial charge is 0.246 e. The van der Waals surface area contributed by atoms with Crippen molar-refractivity contribution in [2.45, 2.75) is 18.9 Å². The Labute approximate surface area is 107 Å². The second-order valence-electron chi connectivity index (χ2n) is 5.01. The van der Waals surface area contributed by atoms with Crippen molar-refractivity contribution >= 4 is 17.7 Å². The number of amides is 1. The van der Waals surface area contributed by atoms with Crippen LogP contribution in [0, 0.1) is 0 Å². The fourth-order valence-electron chi connectivity index (χ4n) is 2.01. The Kier molecular flexibility index (Phi) is 3.39. The van der Waals surface area contributed by atoms with Crippen LogP contribution < -0.4 is 5.73 Å². The molecule has 3 N–H and O–H groups in total. The molecule has 0 aliphatic carbocycles. The van der Waals surface area contributed by atoms with Gasteiger partial charge < -0.3 is 15.7 Å². The summed E-state index contributed by atoms with van der Waals surface area (Å²) in [5.41, 5.74) is 6.48. The second kappa shape index (κ2) is 4.82. The van der Waals surface area contributed by atoms with Crippen LogP contribution in [-0.4, -0.2) is 34.6 Å². The highest BCUT2D eigenvalue weighted by atomic mass is 16.3. The van der Waals surface area contributed by atoms with E-state index in [2.05, 4.69) is 0 Å². The maximum absolute atomic E-state index is 11.9. The lowest BCUT2D eigenvalue weighted by atomic mass is 10.1. The van der Waals surface area contributed by atoms with Crippen molar-refractivity contribution in [3.05, 3.63) is 35.9 Å². The van der Waals surface area contributed by atoms with Gasteiger partial charge >= 0.3 is 0 Å². The van der Waals surface area contributed by atoms with Crippen molar-refractivity contribution in [1.29, 1.82) is 0 Å². The van der Waals surface area contributed by atoms with E-state index in [1.165, 1.54) is 6.08 Å². The van der Waals surface area contributed by atoms with E-state index >= 15 is 0 Å². The van der Waals surface area contributed by atoms with Gasteiger partial charge in [-0.2, -0.15) is 0 Å². The first-order valence-corrected chi connectivity index (χ1v) is 6.01. The average molecular weight is 246 g/mol. The predicted octanol–water partition coefficient (Wildman–Crippen LogP) is 1.27. The molecule has 1 aromatic rings. The minimum atomic E-state index is -0.745. The van der Waals surface area contributed by atoms with Gasteiger partial charge in [0, 0.05) is 24.9 Å². The molecule has 1 fully saturated rings. The van der Waals surface area contributed by atoms with Gasteiger partial charge in [-0.05, 0) is 37.1 Å². The third kappa shape index (κ3) is 3.11. The number of nitrogens with zero attached hydrogens (tertiary/aromatic N) is 1. The summed E-state index contributed by atoms with van der Waals surface area (Å²) in [5, 5.41) is 9.80. The lowest BCUT2D eigenvalue weighted by Crippen LogP contribution is -2.32. The topological polar surface area (TPSA) is 66.6 Å².